The van der Waals surface area contributed by atoms with Crippen LogP contribution in [0.2, 0.25) is 0 Å². The number of benzene rings is 1. The third-order valence-electron chi connectivity index (χ3n) is 4.55. The predicted octanol–water partition coefficient (Wildman–Crippen LogP) is 3.72. The summed E-state index contributed by atoms with van der Waals surface area (Å²) in [4.78, 5) is 22.2. The summed E-state index contributed by atoms with van der Waals surface area (Å²) in [5.41, 5.74) is 1.97. The fourth-order valence-corrected chi connectivity index (χ4v) is 4.83. The van der Waals surface area contributed by atoms with Crippen molar-refractivity contribution in [2.24, 2.45) is 0 Å². The lowest BCUT2D eigenvalue weighted by Crippen LogP contribution is -2.85. The molecule has 0 radical (unpaired) electrons. The maximum absolute atomic E-state index is 13.0. The first-order valence-electron chi connectivity index (χ1n) is 8.75. The Hall–Kier alpha value is -2.35. The Morgan fingerprint density at radius 1 is 1.22 bits per heavy atom. The molecule has 1 aromatic carbocycles. The summed E-state index contributed by atoms with van der Waals surface area (Å²) < 4.78 is 13.0. The molecule has 1 atom stereocenters. The number of quaternary nitrogens is 1. The van der Waals surface area contributed by atoms with Crippen molar-refractivity contribution in [1.29, 1.82) is 0 Å². The molecule has 0 saturated heterocycles. The molecule has 3 heterocycles. The molecule has 4 aromatic rings. The fourth-order valence-electron chi connectivity index (χ4n) is 3.06. The molecule has 3 aromatic heterocycles. The summed E-state index contributed by atoms with van der Waals surface area (Å²) in [5, 5.41) is 6.82. The topological polar surface area (TPSA) is 62.4 Å². The van der Waals surface area contributed by atoms with E-state index in [1.165, 1.54) is 23.5 Å². The normalized spacial score (nSPS) is 12.5. The molecule has 7 heteroatoms. The summed E-state index contributed by atoms with van der Waals surface area (Å²) in [6.07, 6.45) is 0.832. The second-order valence-electron chi connectivity index (χ2n) is 6.45. The number of hydrogen-bond donors (Lipinski definition) is 2. The van der Waals surface area contributed by atoms with E-state index in [9.17, 15) is 9.18 Å². The summed E-state index contributed by atoms with van der Waals surface area (Å²) >= 11 is 3.13. The quantitative estimate of drug-likeness (QED) is 0.518. The van der Waals surface area contributed by atoms with Crippen molar-refractivity contribution in [2.75, 3.05) is 6.54 Å². The summed E-state index contributed by atoms with van der Waals surface area (Å²) in [7, 11) is 0. The van der Waals surface area contributed by atoms with Gasteiger partial charge in [0, 0.05) is 22.2 Å². The molecule has 4 rings (SSSR count). The van der Waals surface area contributed by atoms with Gasteiger partial charge in [0.2, 0.25) is 0 Å². The number of nitrogens with zero attached hydrogens (tertiary/aromatic N) is 1. The monoisotopic (exact) mass is 400 g/mol. The first-order valence-corrected chi connectivity index (χ1v) is 10.5. The highest BCUT2D eigenvalue weighted by Gasteiger charge is 2.17. The molecule has 3 N–H and O–H groups in total. The van der Waals surface area contributed by atoms with Crippen molar-refractivity contribution in [3.63, 3.8) is 0 Å². The van der Waals surface area contributed by atoms with Gasteiger partial charge in [-0.1, -0.05) is 18.2 Å². The van der Waals surface area contributed by atoms with Crippen LogP contribution in [0.25, 0.3) is 20.7 Å². The number of fused-ring (bicyclic) bond motifs is 1. The van der Waals surface area contributed by atoms with Gasteiger partial charge in [0.05, 0.1) is 11.9 Å². The highest BCUT2D eigenvalue weighted by Crippen LogP contribution is 2.33. The number of rotatable bonds is 6. The van der Waals surface area contributed by atoms with Crippen molar-refractivity contribution >= 4 is 32.9 Å². The smallest absolute Gasteiger partial charge is 0.260 e. The number of nitrogens with one attached hydrogen (secondary N) is 1. The van der Waals surface area contributed by atoms with Gasteiger partial charge in [-0.15, -0.1) is 22.7 Å². The molecule has 0 aliphatic rings. The third-order valence-corrected chi connectivity index (χ3v) is 6.32. The lowest BCUT2D eigenvalue weighted by molar-refractivity contribution is -0.693. The van der Waals surface area contributed by atoms with E-state index in [0.29, 0.717) is 11.2 Å². The Labute approximate surface area is 163 Å². The van der Waals surface area contributed by atoms with Crippen molar-refractivity contribution in [2.45, 2.75) is 19.4 Å². The van der Waals surface area contributed by atoms with Gasteiger partial charge in [-0.2, -0.15) is 0 Å². The van der Waals surface area contributed by atoms with Gasteiger partial charge < -0.3 is 10.3 Å². The zero-order chi connectivity index (χ0) is 18.8. The van der Waals surface area contributed by atoms with Gasteiger partial charge in [0.1, 0.15) is 16.7 Å². The summed E-state index contributed by atoms with van der Waals surface area (Å²) in [6.45, 7) is 2.86. The van der Waals surface area contributed by atoms with Crippen molar-refractivity contribution in [1.82, 2.24) is 9.97 Å². The van der Waals surface area contributed by atoms with Crippen LogP contribution in [0.5, 0.6) is 0 Å². The first-order chi connectivity index (χ1) is 13.1. The molecule has 0 unspecified atom stereocenters. The standard InChI is InChI=1S/C20H18FN3OS2/c1-12(22-9-8-13-4-6-14(21)7-5-13)18-23-19(25)17-15(11-27-20(17)24-18)16-3-2-10-26-16/h2-7,10-12,22H,8-9H2,1H3,(H,23,24,25)/p+1/t12-/m1/s1. The van der Waals surface area contributed by atoms with Crippen molar-refractivity contribution in [3.05, 3.63) is 74.7 Å². The average molecular weight is 401 g/mol. The van der Waals surface area contributed by atoms with Crippen LogP contribution in [0.4, 0.5) is 4.39 Å². The number of halogens is 1. The highest BCUT2D eigenvalue weighted by atomic mass is 32.1. The Kier molecular flexibility index (Phi) is 5.15. The van der Waals surface area contributed by atoms with Gasteiger partial charge in [-0.05, 0) is 36.1 Å². The number of nitrogens with two attached hydrogens (primary N) is 1. The van der Waals surface area contributed by atoms with E-state index in [0.717, 1.165) is 33.8 Å². The average Bonchev–Trinajstić information content (AvgIpc) is 3.32. The van der Waals surface area contributed by atoms with Crippen LogP contribution in [0.15, 0.2) is 52.0 Å². The number of hydrogen-bond acceptors (Lipinski definition) is 4. The number of aromatic amines is 1. The molecule has 138 valence electrons. The van der Waals surface area contributed by atoms with Gasteiger partial charge in [-0.3, -0.25) is 4.79 Å². The Balaban J connectivity index is 1.50. The second kappa shape index (κ2) is 7.72. The largest absolute Gasteiger partial charge is 0.337 e. The summed E-state index contributed by atoms with van der Waals surface area (Å²) in [5.74, 6) is 0.468. The minimum absolute atomic E-state index is 0.0369. The van der Waals surface area contributed by atoms with Crippen LogP contribution in [-0.4, -0.2) is 16.5 Å². The summed E-state index contributed by atoms with van der Waals surface area (Å²) in [6, 6.07) is 10.6. The maximum atomic E-state index is 13.0. The second-order valence-corrected chi connectivity index (χ2v) is 8.25. The molecule has 0 saturated carbocycles. The predicted molar refractivity (Wildman–Crippen MR) is 109 cm³/mol. The molecule has 0 amide bonds. The molecule has 0 aliphatic carbocycles. The van der Waals surface area contributed by atoms with Gasteiger partial charge in [0.15, 0.2) is 5.82 Å². The Morgan fingerprint density at radius 3 is 2.78 bits per heavy atom. The lowest BCUT2D eigenvalue weighted by atomic mass is 10.1. The SMILES string of the molecule is C[C@@H]([NH2+]CCc1ccc(F)cc1)c1nc2scc(-c3cccs3)c2c(=O)[nH]1. The van der Waals surface area contributed by atoms with E-state index >= 15 is 0 Å². The minimum atomic E-state index is -0.218. The molecule has 0 fully saturated rings. The van der Waals surface area contributed by atoms with E-state index in [2.05, 4.69) is 10.3 Å². The zero-order valence-corrected chi connectivity index (χ0v) is 16.4. The molecular formula is C20H19FN3OS2+. The molecule has 0 aliphatic heterocycles. The third kappa shape index (κ3) is 3.85. The van der Waals surface area contributed by atoms with Crippen molar-refractivity contribution in [3.8, 4) is 10.4 Å². The first kappa shape index (κ1) is 18.0. The van der Waals surface area contributed by atoms with Gasteiger partial charge >= 0.3 is 0 Å². The number of thiophene rings is 2. The Bertz CT molecular complexity index is 1100. The molecule has 27 heavy (non-hydrogen) atoms. The molecule has 0 bridgehead atoms. The van der Waals surface area contributed by atoms with Crippen molar-refractivity contribution < 1.29 is 9.71 Å². The van der Waals surface area contributed by atoms with Crippen LogP contribution in [0.3, 0.4) is 0 Å². The zero-order valence-electron chi connectivity index (χ0n) is 14.7. The van der Waals surface area contributed by atoms with Gasteiger partial charge in [-0.25, -0.2) is 9.37 Å². The van der Waals surface area contributed by atoms with Crippen LogP contribution in [0.1, 0.15) is 24.4 Å². The van der Waals surface area contributed by atoms with Crippen LogP contribution in [0, 0.1) is 5.82 Å². The van der Waals surface area contributed by atoms with Crippen LogP contribution < -0.4 is 10.9 Å². The molecular weight excluding hydrogens is 381 g/mol. The van der Waals surface area contributed by atoms with Gasteiger partial charge in [0.25, 0.3) is 5.56 Å². The number of aromatic nitrogens is 2. The van der Waals surface area contributed by atoms with E-state index in [1.54, 1.807) is 23.5 Å². The molecule has 0 spiro atoms. The lowest BCUT2D eigenvalue weighted by Gasteiger charge is -2.10. The maximum Gasteiger partial charge on any atom is 0.260 e. The number of H-pyrrole nitrogens is 1. The molecule has 4 nitrogen and oxygen atoms in total. The fraction of sp³-hybridized carbons (Fsp3) is 0.200. The Morgan fingerprint density at radius 2 is 2.04 bits per heavy atom. The van der Waals surface area contributed by atoms with Crippen LogP contribution in [-0.2, 0) is 6.42 Å². The minimum Gasteiger partial charge on any atom is -0.337 e. The van der Waals surface area contributed by atoms with Crippen LogP contribution >= 0.6 is 22.7 Å². The van der Waals surface area contributed by atoms with E-state index in [4.69, 9.17) is 4.98 Å². The van der Waals surface area contributed by atoms with E-state index in [1.807, 2.05) is 29.8 Å². The van der Waals surface area contributed by atoms with E-state index in [-0.39, 0.29) is 17.4 Å². The highest BCUT2D eigenvalue weighted by molar-refractivity contribution is 7.18. The van der Waals surface area contributed by atoms with E-state index < -0.39 is 0 Å².